The molecule has 0 aliphatic carbocycles. The Labute approximate surface area is 138 Å². The SMILES string of the molecule is CCCCCCCCCC(CCCN)OC(OCC)OCC. The molecular weight excluding hydrogens is 278 g/mol. The minimum atomic E-state index is -0.526. The van der Waals surface area contributed by atoms with Crippen LogP contribution in [-0.2, 0) is 14.2 Å². The van der Waals surface area contributed by atoms with Crippen molar-refractivity contribution < 1.29 is 14.2 Å². The molecule has 4 nitrogen and oxygen atoms in total. The predicted molar refractivity (Wildman–Crippen MR) is 92.8 cm³/mol. The highest BCUT2D eigenvalue weighted by Gasteiger charge is 2.16. The summed E-state index contributed by atoms with van der Waals surface area (Å²) in [5.41, 5.74) is 5.63. The minimum Gasteiger partial charge on any atom is -0.330 e. The Bertz CT molecular complexity index is 209. The molecule has 0 spiro atoms. The fourth-order valence-electron chi connectivity index (χ4n) is 2.51. The molecule has 0 aromatic carbocycles. The van der Waals surface area contributed by atoms with Gasteiger partial charge in [-0.1, -0.05) is 51.9 Å². The van der Waals surface area contributed by atoms with Gasteiger partial charge in [-0.05, 0) is 39.7 Å². The van der Waals surface area contributed by atoms with E-state index in [2.05, 4.69) is 6.92 Å². The predicted octanol–water partition coefficient (Wildman–Crippen LogP) is 4.61. The molecule has 0 saturated carbocycles. The van der Waals surface area contributed by atoms with E-state index in [4.69, 9.17) is 19.9 Å². The van der Waals surface area contributed by atoms with E-state index in [1.54, 1.807) is 0 Å². The normalized spacial score (nSPS) is 13.0. The third kappa shape index (κ3) is 13.5. The van der Waals surface area contributed by atoms with Gasteiger partial charge >= 0.3 is 0 Å². The topological polar surface area (TPSA) is 53.7 Å². The molecule has 134 valence electrons. The summed E-state index contributed by atoms with van der Waals surface area (Å²) in [6.07, 6.45) is 12.5. The van der Waals surface area contributed by atoms with E-state index in [0.29, 0.717) is 19.8 Å². The van der Waals surface area contributed by atoms with Gasteiger partial charge < -0.3 is 19.9 Å². The molecule has 1 unspecified atom stereocenters. The van der Waals surface area contributed by atoms with Crippen LogP contribution in [-0.4, -0.2) is 32.3 Å². The lowest BCUT2D eigenvalue weighted by Crippen LogP contribution is -2.28. The molecule has 2 N–H and O–H groups in total. The summed E-state index contributed by atoms with van der Waals surface area (Å²) in [4.78, 5) is 0. The van der Waals surface area contributed by atoms with Crippen molar-refractivity contribution in [1.82, 2.24) is 0 Å². The Balaban J connectivity index is 3.94. The molecule has 4 heteroatoms. The Morgan fingerprint density at radius 3 is 1.82 bits per heavy atom. The molecule has 0 aliphatic heterocycles. The van der Waals surface area contributed by atoms with Crippen molar-refractivity contribution in [2.24, 2.45) is 5.73 Å². The molecular formula is C18H39NO3. The van der Waals surface area contributed by atoms with Gasteiger partial charge in [-0.3, -0.25) is 0 Å². The zero-order chi connectivity index (χ0) is 16.5. The lowest BCUT2D eigenvalue weighted by atomic mass is 10.0. The number of nitrogens with two attached hydrogens (primary N) is 1. The van der Waals surface area contributed by atoms with Crippen molar-refractivity contribution >= 4 is 0 Å². The third-order valence-electron chi connectivity index (χ3n) is 3.77. The first-order chi connectivity index (χ1) is 10.8. The van der Waals surface area contributed by atoms with E-state index in [0.717, 1.165) is 19.3 Å². The fraction of sp³-hybridized carbons (Fsp3) is 1.00. The molecule has 0 saturated heterocycles. The van der Waals surface area contributed by atoms with Crippen molar-refractivity contribution in [2.45, 2.75) is 97.6 Å². The molecule has 0 amide bonds. The van der Waals surface area contributed by atoms with Crippen LogP contribution in [0.2, 0.25) is 0 Å². The number of ether oxygens (including phenoxy) is 3. The lowest BCUT2D eigenvalue weighted by Gasteiger charge is -2.24. The van der Waals surface area contributed by atoms with Crippen LogP contribution in [0.5, 0.6) is 0 Å². The van der Waals surface area contributed by atoms with Gasteiger partial charge in [0.05, 0.1) is 6.10 Å². The van der Waals surface area contributed by atoms with Crippen molar-refractivity contribution in [3.05, 3.63) is 0 Å². The summed E-state index contributed by atoms with van der Waals surface area (Å²) in [6, 6.07) is 0. The molecule has 22 heavy (non-hydrogen) atoms. The highest BCUT2D eigenvalue weighted by atomic mass is 16.8. The molecule has 0 radical (unpaired) electrons. The smallest absolute Gasteiger partial charge is 0.271 e. The molecule has 0 heterocycles. The highest BCUT2D eigenvalue weighted by molar-refractivity contribution is 4.60. The molecule has 0 aromatic heterocycles. The van der Waals surface area contributed by atoms with Gasteiger partial charge in [0.25, 0.3) is 6.48 Å². The molecule has 0 bridgehead atoms. The number of hydrogen-bond acceptors (Lipinski definition) is 4. The van der Waals surface area contributed by atoms with E-state index in [1.165, 1.54) is 44.9 Å². The largest absolute Gasteiger partial charge is 0.330 e. The summed E-state index contributed by atoms with van der Waals surface area (Å²) in [7, 11) is 0. The first-order valence-corrected chi connectivity index (χ1v) is 9.37. The van der Waals surface area contributed by atoms with E-state index in [9.17, 15) is 0 Å². The van der Waals surface area contributed by atoms with E-state index in [-0.39, 0.29) is 6.10 Å². The Morgan fingerprint density at radius 1 is 0.727 bits per heavy atom. The molecule has 0 fully saturated rings. The first kappa shape index (κ1) is 21.8. The zero-order valence-electron chi connectivity index (χ0n) is 15.1. The van der Waals surface area contributed by atoms with Crippen LogP contribution in [0.1, 0.15) is 85.0 Å². The highest BCUT2D eigenvalue weighted by Crippen LogP contribution is 2.16. The monoisotopic (exact) mass is 317 g/mol. The van der Waals surface area contributed by atoms with Crippen LogP contribution in [0.25, 0.3) is 0 Å². The zero-order valence-corrected chi connectivity index (χ0v) is 15.1. The fourth-order valence-corrected chi connectivity index (χ4v) is 2.51. The van der Waals surface area contributed by atoms with Gasteiger partial charge in [0.15, 0.2) is 0 Å². The number of rotatable bonds is 17. The van der Waals surface area contributed by atoms with Crippen molar-refractivity contribution in [3.8, 4) is 0 Å². The van der Waals surface area contributed by atoms with Gasteiger partial charge in [-0.2, -0.15) is 0 Å². The maximum absolute atomic E-state index is 5.98. The summed E-state index contributed by atoms with van der Waals surface area (Å²) in [5.74, 6) is 0. The van der Waals surface area contributed by atoms with Crippen LogP contribution in [0.15, 0.2) is 0 Å². The molecule has 0 aliphatic rings. The second-order valence-electron chi connectivity index (χ2n) is 5.80. The maximum Gasteiger partial charge on any atom is 0.271 e. The van der Waals surface area contributed by atoms with Crippen LogP contribution in [0, 0.1) is 0 Å². The standard InChI is InChI=1S/C18H39NO3/c1-4-7-8-9-10-11-12-14-17(15-13-16-19)22-18(20-5-2)21-6-3/h17-18H,4-16,19H2,1-3H3. The first-order valence-electron chi connectivity index (χ1n) is 9.37. The van der Waals surface area contributed by atoms with Gasteiger partial charge in [-0.25, -0.2) is 0 Å². The summed E-state index contributed by atoms with van der Waals surface area (Å²) < 4.78 is 17.0. The summed E-state index contributed by atoms with van der Waals surface area (Å²) >= 11 is 0. The molecule has 1 atom stereocenters. The third-order valence-corrected chi connectivity index (χ3v) is 3.77. The lowest BCUT2D eigenvalue weighted by molar-refractivity contribution is -0.302. The average Bonchev–Trinajstić information content (AvgIpc) is 2.51. The second-order valence-corrected chi connectivity index (χ2v) is 5.80. The van der Waals surface area contributed by atoms with Crippen LogP contribution in [0.3, 0.4) is 0 Å². The molecule has 0 rings (SSSR count). The summed E-state index contributed by atoms with van der Waals surface area (Å²) in [5, 5.41) is 0. The van der Waals surface area contributed by atoms with Crippen molar-refractivity contribution in [1.29, 1.82) is 0 Å². The van der Waals surface area contributed by atoms with Gasteiger partial charge in [0, 0.05) is 13.2 Å². The second kappa shape index (κ2) is 17.2. The van der Waals surface area contributed by atoms with Crippen LogP contribution >= 0.6 is 0 Å². The molecule has 0 aromatic rings. The summed E-state index contributed by atoms with van der Waals surface area (Å²) in [6.45, 7) is 7.57. The van der Waals surface area contributed by atoms with Crippen LogP contribution in [0.4, 0.5) is 0 Å². The average molecular weight is 318 g/mol. The van der Waals surface area contributed by atoms with E-state index >= 15 is 0 Å². The van der Waals surface area contributed by atoms with Crippen molar-refractivity contribution in [2.75, 3.05) is 19.8 Å². The number of unbranched alkanes of at least 4 members (excludes halogenated alkanes) is 6. The Kier molecular flexibility index (Phi) is 17.1. The van der Waals surface area contributed by atoms with Crippen LogP contribution < -0.4 is 5.73 Å². The van der Waals surface area contributed by atoms with Crippen molar-refractivity contribution in [3.63, 3.8) is 0 Å². The minimum absolute atomic E-state index is 0.197. The van der Waals surface area contributed by atoms with Gasteiger partial charge in [-0.15, -0.1) is 0 Å². The van der Waals surface area contributed by atoms with E-state index < -0.39 is 6.48 Å². The van der Waals surface area contributed by atoms with E-state index in [1.807, 2.05) is 13.8 Å². The Hall–Kier alpha value is -0.160. The Morgan fingerprint density at radius 2 is 1.27 bits per heavy atom. The quantitative estimate of drug-likeness (QED) is 0.314. The van der Waals surface area contributed by atoms with Gasteiger partial charge in [0.2, 0.25) is 0 Å². The number of hydrogen-bond donors (Lipinski definition) is 1. The maximum atomic E-state index is 5.98. The van der Waals surface area contributed by atoms with Gasteiger partial charge in [0.1, 0.15) is 0 Å².